The molecule has 1 aliphatic rings. The van der Waals surface area contributed by atoms with Crippen molar-refractivity contribution in [2.24, 2.45) is 7.05 Å². The van der Waals surface area contributed by atoms with Crippen molar-refractivity contribution in [3.05, 3.63) is 83.3 Å². The van der Waals surface area contributed by atoms with Crippen molar-refractivity contribution < 1.29 is 19.0 Å². The van der Waals surface area contributed by atoms with E-state index in [2.05, 4.69) is 58.5 Å². The molecule has 3 aromatic carbocycles. The molecule has 9 heteroatoms. The summed E-state index contributed by atoms with van der Waals surface area (Å²) in [6.07, 6.45) is 1.42. The molecule has 236 valence electrons. The van der Waals surface area contributed by atoms with Crippen LogP contribution in [-0.4, -0.2) is 78.2 Å². The van der Waals surface area contributed by atoms with E-state index in [1.807, 2.05) is 42.9 Å². The normalized spacial score (nSPS) is 13.9. The van der Waals surface area contributed by atoms with Crippen LogP contribution >= 0.6 is 0 Å². The first kappa shape index (κ1) is 30.8. The number of esters is 1. The lowest BCUT2D eigenvalue weighted by molar-refractivity contribution is 0.0384. The Bertz CT molecular complexity index is 1760. The van der Waals surface area contributed by atoms with E-state index in [0.717, 1.165) is 101 Å². The molecule has 0 bridgehead atoms. The van der Waals surface area contributed by atoms with E-state index in [1.165, 1.54) is 0 Å². The summed E-state index contributed by atoms with van der Waals surface area (Å²) in [6.45, 7) is 10.8. The molecule has 1 aliphatic heterocycles. The molecule has 0 amide bonds. The number of fused-ring (bicyclic) bond motifs is 2. The maximum atomic E-state index is 13.2. The minimum absolute atomic E-state index is 0.312. The summed E-state index contributed by atoms with van der Waals surface area (Å²) in [6, 6.07) is 20.6. The third kappa shape index (κ3) is 6.76. The minimum atomic E-state index is -0.336. The summed E-state index contributed by atoms with van der Waals surface area (Å²) in [5, 5.41) is 11.8. The van der Waals surface area contributed by atoms with Gasteiger partial charge in [0.25, 0.3) is 0 Å². The zero-order chi connectivity index (χ0) is 31.2. The van der Waals surface area contributed by atoms with Gasteiger partial charge in [0, 0.05) is 67.4 Å². The van der Waals surface area contributed by atoms with Crippen LogP contribution < -0.4 is 10.1 Å². The number of nitrogens with zero attached hydrogens (tertiary/aromatic N) is 3. The van der Waals surface area contributed by atoms with E-state index in [1.54, 1.807) is 0 Å². The molecule has 1 saturated heterocycles. The van der Waals surface area contributed by atoms with Gasteiger partial charge in [-0.25, -0.2) is 4.79 Å². The second-order valence-electron chi connectivity index (χ2n) is 11.5. The summed E-state index contributed by atoms with van der Waals surface area (Å²) < 4.78 is 19.1. The molecule has 2 aromatic heterocycles. The first-order valence-electron chi connectivity index (χ1n) is 16.0. The summed E-state index contributed by atoms with van der Waals surface area (Å²) in [5.41, 5.74) is 6.58. The zero-order valence-corrected chi connectivity index (χ0v) is 26.5. The van der Waals surface area contributed by atoms with Gasteiger partial charge in [-0.05, 0) is 43.7 Å². The number of carbonyl (C=O) groups excluding carboxylic acids is 1. The molecular weight excluding hydrogens is 566 g/mol. The highest BCUT2D eigenvalue weighted by molar-refractivity contribution is 6.04. The first-order valence-corrected chi connectivity index (χ1v) is 16.0. The number of ether oxygens (including phenoxy) is 3. The van der Waals surface area contributed by atoms with Gasteiger partial charge in [-0.2, -0.15) is 5.10 Å². The highest BCUT2D eigenvalue weighted by atomic mass is 16.5. The number of morpholine rings is 1. The molecule has 45 heavy (non-hydrogen) atoms. The van der Waals surface area contributed by atoms with Gasteiger partial charge in [-0.3, -0.25) is 9.58 Å². The smallest absolute Gasteiger partial charge is 0.355 e. The van der Waals surface area contributed by atoms with Crippen LogP contribution in [0.5, 0.6) is 5.75 Å². The van der Waals surface area contributed by atoms with Gasteiger partial charge >= 0.3 is 5.97 Å². The van der Waals surface area contributed by atoms with Crippen molar-refractivity contribution in [2.75, 3.05) is 52.6 Å². The van der Waals surface area contributed by atoms with Crippen LogP contribution in [0.4, 0.5) is 0 Å². The third-order valence-electron chi connectivity index (χ3n) is 8.68. The van der Waals surface area contributed by atoms with Gasteiger partial charge in [0.15, 0.2) is 0 Å². The van der Waals surface area contributed by atoms with E-state index in [4.69, 9.17) is 19.3 Å². The number of para-hydroxylation sites is 1. The molecule has 5 aromatic rings. The number of rotatable bonds is 13. The molecular formula is C36H43N5O4. The summed E-state index contributed by atoms with van der Waals surface area (Å²) in [4.78, 5) is 19.1. The van der Waals surface area contributed by atoms with Crippen LogP contribution in [0, 0.1) is 6.92 Å². The van der Waals surface area contributed by atoms with Crippen molar-refractivity contribution in [3.8, 4) is 16.9 Å². The van der Waals surface area contributed by atoms with Crippen LogP contribution in [0.15, 0.2) is 60.7 Å². The molecule has 1 fully saturated rings. The maximum Gasteiger partial charge on any atom is 0.355 e. The molecule has 0 unspecified atom stereocenters. The fourth-order valence-corrected chi connectivity index (χ4v) is 6.29. The molecule has 0 aliphatic carbocycles. The lowest BCUT2D eigenvalue weighted by Crippen LogP contribution is -2.40. The topological polar surface area (TPSA) is 93.6 Å². The molecule has 3 heterocycles. The number of benzene rings is 3. The second-order valence-corrected chi connectivity index (χ2v) is 11.5. The summed E-state index contributed by atoms with van der Waals surface area (Å²) in [5.74, 6) is 0.538. The zero-order valence-electron chi connectivity index (χ0n) is 26.5. The molecule has 6 rings (SSSR count). The fraction of sp³-hybridized carbons (Fsp3) is 0.389. The number of aromatic nitrogens is 3. The highest BCUT2D eigenvalue weighted by Crippen LogP contribution is 2.36. The number of hydrogen-bond acceptors (Lipinski definition) is 7. The Labute approximate surface area is 264 Å². The van der Waals surface area contributed by atoms with E-state index >= 15 is 0 Å². The van der Waals surface area contributed by atoms with Crippen molar-refractivity contribution in [1.29, 1.82) is 0 Å². The summed E-state index contributed by atoms with van der Waals surface area (Å²) in [7, 11) is 1.98. The second kappa shape index (κ2) is 14.3. The first-order chi connectivity index (χ1) is 22.0. The quantitative estimate of drug-likeness (QED) is 0.132. The molecule has 9 nitrogen and oxygen atoms in total. The van der Waals surface area contributed by atoms with Gasteiger partial charge in [0.05, 0.1) is 37.6 Å². The Morgan fingerprint density at radius 3 is 2.67 bits per heavy atom. The SMILES string of the molecule is CCOC(=O)c1[nH]c2c(-c3c(CNCCN4CCOCC4)nn(C)c3C)cccc2c1CCCOc1cccc2ccccc12. The van der Waals surface area contributed by atoms with Crippen molar-refractivity contribution in [3.63, 3.8) is 0 Å². The minimum Gasteiger partial charge on any atom is -0.493 e. The van der Waals surface area contributed by atoms with Gasteiger partial charge in [0.1, 0.15) is 11.4 Å². The van der Waals surface area contributed by atoms with Crippen molar-refractivity contribution >= 4 is 27.6 Å². The lowest BCUT2D eigenvalue weighted by Gasteiger charge is -2.26. The number of nitrogens with one attached hydrogen (secondary N) is 2. The maximum absolute atomic E-state index is 13.2. The van der Waals surface area contributed by atoms with E-state index in [9.17, 15) is 4.79 Å². The summed E-state index contributed by atoms with van der Waals surface area (Å²) >= 11 is 0. The largest absolute Gasteiger partial charge is 0.493 e. The number of carbonyl (C=O) groups is 1. The van der Waals surface area contributed by atoms with Crippen LogP contribution in [0.3, 0.4) is 0 Å². The van der Waals surface area contributed by atoms with Gasteiger partial charge in [-0.1, -0.05) is 54.6 Å². The Hall–Kier alpha value is -4.18. The van der Waals surface area contributed by atoms with Crippen LogP contribution in [0.25, 0.3) is 32.8 Å². The Balaban J connectivity index is 1.24. The molecule has 0 atom stereocenters. The Kier molecular flexibility index (Phi) is 9.78. The monoisotopic (exact) mass is 609 g/mol. The highest BCUT2D eigenvalue weighted by Gasteiger charge is 2.23. The molecule has 0 spiro atoms. The number of hydrogen-bond donors (Lipinski definition) is 2. The number of H-pyrrole nitrogens is 1. The third-order valence-corrected chi connectivity index (χ3v) is 8.68. The van der Waals surface area contributed by atoms with E-state index in [-0.39, 0.29) is 5.97 Å². The number of aryl methyl sites for hydroxylation is 2. The lowest BCUT2D eigenvalue weighted by atomic mass is 9.98. The average Bonchev–Trinajstić information content (AvgIpc) is 3.58. The Morgan fingerprint density at radius 2 is 1.82 bits per heavy atom. The number of aromatic amines is 1. The molecule has 0 radical (unpaired) electrons. The average molecular weight is 610 g/mol. The standard InChI is InChI=1S/C36H43N5O4/c1-4-44-36(42)35-29(15-9-21-45-32-16-7-11-26-10-5-6-12-27(26)32)28-13-8-14-30(34(28)38-35)33-25(2)40(3)39-31(33)24-37-17-18-41-19-22-43-23-20-41/h5-8,10-14,16,37-38H,4,9,15,17-24H2,1-3H3. The van der Waals surface area contributed by atoms with E-state index < -0.39 is 0 Å². The van der Waals surface area contributed by atoms with Crippen LogP contribution in [0.1, 0.15) is 40.8 Å². The molecule has 2 N–H and O–H groups in total. The van der Waals surface area contributed by atoms with Crippen LogP contribution in [0.2, 0.25) is 0 Å². The fourth-order valence-electron chi connectivity index (χ4n) is 6.29. The van der Waals surface area contributed by atoms with Crippen molar-refractivity contribution in [2.45, 2.75) is 33.2 Å². The Morgan fingerprint density at radius 1 is 1.04 bits per heavy atom. The van der Waals surface area contributed by atoms with Gasteiger partial charge in [0.2, 0.25) is 0 Å². The van der Waals surface area contributed by atoms with Crippen LogP contribution in [-0.2, 0) is 29.5 Å². The predicted octanol–water partition coefficient (Wildman–Crippen LogP) is 5.64. The predicted molar refractivity (Wildman–Crippen MR) is 178 cm³/mol. The van der Waals surface area contributed by atoms with Gasteiger partial charge in [-0.15, -0.1) is 0 Å². The van der Waals surface area contributed by atoms with Gasteiger partial charge < -0.3 is 24.5 Å². The van der Waals surface area contributed by atoms with E-state index in [0.29, 0.717) is 31.9 Å². The molecule has 0 saturated carbocycles. The van der Waals surface area contributed by atoms with Crippen molar-refractivity contribution in [1.82, 2.24) is 25.0 Å².